The van der Waals surface area contributed by atoms with Gasteiger partial charge in [0.25, 0.3) is 0 Å². The van der Waals surface area contributed by atoms with Crippen LogP contribution in [0.25, 0.3) is 0 Å². The molecular weight excluding hydrogens is 184 g/mol. The first-order valence-electron chi connectivity index (χ1n) is 4.09. The highest BCUT2D eigenvalue weighted by atomic mass is 16.6. The standard InChI is InChI=1S/C9H12N2O3/c1-6(14-10)8-4-3-7(5-11-8)9(12)13-2/h3-6H,10H2,1-2H3. The SMILES string of the molecule is COC(=O)c1ccc(C(C)ON)nc1. The predicted molar refractivity (Wildman–Crippen MR) is 49.3 cm³/mol. The molecule has 0 saturated heterocycles. The van der Waals surface area contributed by atoms with Gasteiger partial charge in [-0.1, -0.05) is 0 Å². The first-order valence-corrected chi connectivity index (χ1v) is 4.09. The summed E-state index contributed by atoms with van der Waals surface area (Å²) in [6, 6.07) is 3.29. The summed E-state index contributed by atoms with van der Waals surface area (Å²) >= 11 is 0. The van der Waals surface area contributed by atoms with E-state index in [0.29, 0.717) is 11.3 Å². The Morgan fingerprint density at radius 2 is 2.29 bits per heavy atom. The van der Waals surface area contributed by atoms with Gasteiger partial charge in [0.15, 0.2) is 0 Å². The van der Waals surface area contributed by atoms with Gasteiger partial charge in [-0.05, 0) is 19.1 Å². The zero-order chi connectivity index (χ0) is 10.6. The van der Waals surface area contributed by atoms with Gasteiger partial charge >= 0.3 is 5.97 Å². The van der Waals surface area contributed by atoms with Crippen LogP contribution in [-0.4, -0.2) is 18.1 Å². The lowest BCUT2D eigenvalue weighted by Gasteiger charge is -2.07. The van der Waals surface area contributed by atoms with Crippen molar-refractivity contribution in [2.75, 3.05) is 7.11 Å². The second-order valence-corrected chi connectivity index (χ2v) is 2.74. The number of esters is 1. The molecule has 1 atom stereocenters. The molecule has 0 fully saturated rings. The highest BCUT2D eigenvalue weighted by molar-refractivity contribution is 5.88. The summed E-state index contributed by atoms with van der Waals surface area (Å²) < 4.78 is 4.53. The van der Waals surface area contributed by atoms with Crippen LogP contribution in [0, 0.1) is 0 Å². The van der Waals surface area contributed by atoms with Gasteiger partial charge < -0.3 is 4.74 Å². The van der Waals surface area contributed by atoms with Gasteiger partial charge in [0.1, 0.15) is 6.10 Å². The third kappa shape index (κ3) is 2.27. The van der Waals surface area contributed by atoms with Crippen molar-refractivity contribution in [3.05, 3.63) is 29.6 Å². The van der Waals surface area contributed by atoms with E-state index in [1.165, 1.54) is 13.3 Å². The highest BCUT2D eigenvalue weighted by Gasteiger charge is 2.09. The van der Waals surface area contributed by atoms with E-state index < -0.39 is 5.97 Å². The number of rotatable bonds is 3. The van der Waals surface area contributed by atoms with Crippen molar-refractivity contribution in [2.45, 2.75) is 13.0 Å². The lowest BCUT2D eigenvalue weighted by molar-refractivity contribution is 0.0593. The largest absolute Gasteiger partial charge is 0.465 e. The number of carbonyl (C=O) groups is 1. The van der Waals surface area contributed by atoms with E-state index >= 15 is 0 Å². The van der Waals surface area contributed by atoms with E-state index in [2.05, 4.69) is 14.6 Å². The van der Waals surface area contributed by atoms with Crippen LogP contribution in [0.4, 0.5) is 0 Å². The molecule has 0 bridgehead atoms. The van der Waals surface area contributed by atoms with Crippen LogP contribution >= 0.6 is 0 Å². The quantitative estimate of drug-likeness (QED) is 0.572. The topological polar surface area (TPSA) is 74.4 Å². The summed E-state index contributed by atoms with van der Waals surface area (Å²) in [4.78, 5) is 19.6. The fourth-order valence-corrected chi connectivity index (χ4v) is 0.954. The minimum absolute atomic E-state index is 0.290. The van der Waals surface area contributed by atoms with Gasteiger partial charge in [-0.15, -0.1) is 0 Å². The number of pyridine rings is 1. The Morgan fingerprint density at radius 1 is 1.57 bits per heavy atom. The fraction of sp³-hybridized carbons (Fsp3) is 0.333. The molecule has 0 aromatic carbocycles. The molecule has 0 saturated carbocycles. The van der Waals surface area contributed by atoms with E-state index in [-0.39, 0.29) is 6.10 Å². The van der Waals surface area contributed by atoms with E-state index in [9.17, 15) is 4.79 Å². The molecular formula is C9H12N2O3. The summed E-state index contributed by atoms with van der Waals surface area (Å²) in [7, 11) is 1.32. The highest BCUT2D eigenvalue weighted by Crippen LogP contribution is 2.12. The maximum atomic E-state index is 11.0. The third-order valence-corrected chi connectivity index (χ3v) is 1.83. The van der Waals surface area contributed by atoms with E-state index in [0.717, 1.165) is 0 Å². The molecule has 76 valence electrons. The third-order valence-electron chi connectivity index (χ3n) is 1.83. The van der Waals surface area contributed by atoms with Crippen LogP contribution < -0.4 is 5.90 Å². The lowest BCUT2D eigenvalue weighted by atomic mass is 10.2. The molecule has 5 heteroatoms. The minimum atomic E-state index is -0.412. The molecule has 0 aliphatic rings. The van der Waals surface area contributed by atoms with Crippen LogP contribution in [0.2, 0.25) is 0 Å². The molecule has 1 rings (SSSR count). The van der Waals surface area contributed by atoms with Gasteiger partial charge in [-0.2, -0.15) is 0 Å². The van der Waals surface area contributed by atoms with Crippen molar-refractivity contribution in [1.82, 2.24) is 4.98 Å². The molecule has 0 amide bonds. The van der Waals surface area contributed by atoms with Gasteiger partial charge in [-0.25, -0.2) is 10.7 Å². The van der Waals surface area contributed by atoms with Crippen LogP contribution in [0.15, 0.2) is 18.3 Å². The van der Waals surface area contributed by atoms with Crippen molar-refractivity contribution in [1.29, 1.82) is 0 Å². The number of carbonyl (C=O) groups excluding carboxylic acids is 1. The summed E-state index contributed by atoms with van der Waals surface area (Å²) in [5.74, 6) is 4.58. The zero-order valence-corrected chi connectivity index (χ0v) is 8.06. The summed E-state index contributed by atoms with van der Waals surface area (Å²) in [5, 5.41) is 0. The number of nitrogens with zero attached hydrogens (tertiary/aromatic N) is 1. The molecule has 1 aromatic heterocycles. The summed E-state index contributed by atoms with van der Waals surface area (Å²) in [6.07, 6.45) is 1.14. The number of methoxy groups -OCH3 is 1. The molecule has 1 aromatic rings. The normalized spacial score (nSPS) is 12.2. The Balaban J connectivity index is 2.83. The van der Waals surface area contributed by atoms with Crippen molar-refractivity contribution >= 4 is 5.97 Å². The fourth-order valence-electron chi connectivity index (χ4n) is 0.954. The number of nitrogens with two attached hydrogens (primary N) is 1. The Labute approximate surface area is 81.8 Å². The number of ether oxygens (including phenoxy) is 1. The smallest absolute Gasteiger partial charge is 0.339 e. The molecule has 5 nitrogen and oxygen atoms in total. The molecule has 2 N–H and O–H groups in total. The minimum Gasteiger partial charge on any atom is -0.465 e. The average Bonchev–Trinajstić information content (AvgIpc) is 2.27. The van der Waals surface area contributed by atoms with Gasteiger partial charge in [0, 0.05) is 6.20 Å². The van der Waals surface area contributed by atoms with Gasteiger partial charge in [-0.3, -0.25) is 9.82 Å². The van der Waals surface area contributed by atoms with E-state index in [1.807, 2.05) is 0 Å². The van der Waals surface area contributed by atoms with Crippen LogP contribution in [0.3, 0.4) is 0 Å². The number of aromatic nitrogens is 1. The Morgan fingerprint density at radius 3 is 2.71 bits per heavy atom. The predicted octanol–water partition coefficient (Wildman–Crippen LogP) is 0.820. The van der Waals surface area contributed by atoms with Crippen molar-refractivity contribution in [3.8, 4) is 0 Å². The van der Waals surface area contributed by atoms with Crippen molar-refractivity contribution in [3.63, 3.8) is 0 Å². The average molecular weight is 196 g/mol. The maximum Gasteiger partial charge on any atom is 0.339 e. The molecule has 1 unspecified atom stereocenters. The Kier molecular flexibility index (Phi) is 3.55. The van der Waals surface area contributed by atoms with Crippen molar-refractivity contribution < 1.29 is 14.4 Å². The van der Waals surface area contributed by atoms with Crippen molar-refractivity contribution in [2.24, 2.45) is 5.90 Å². The van der Waals surface area contributed by atoms with E-state index in [1.54, 1.807) is 19.1 Å². The van der Waals surface area contributed by atoms with Crippen LogP contribution in [-0.2, 0) is 9.57 Å². The first kappa shape index (κ1) is 10.6. The maximum absolute atomic E-state index is 11.0. The Bertz CT molecular complexity index is 310. The second kappa shape index (κ2) is 4.69. The zero-order valence-electron chi connectivity index (χ0n) is 8.06. The van der Waals surface area contributed by atoms with Gasteiger partial charge in [0.05, 0.1) is 18.4 Å². The van der Waals surface area contributed by atoms with Crippen LogP contribution in [0.5, 0.6) is 0 Å². The monoisotopic (exact) mass is 196 g/mol. The molecule has 0 aliphatic heterocycles. The first-order chi connectivity index (χ1) is 6.69. The molecule has 0 aliphatic carbocycles. The number of hydrogen-bond donors (Lipinski definition) is 1. The lowest BCUT2D eigenvalue weighted by Crippen LogP contribution is -2.08. The molecule has 1 heterocycles. The second-order valence-electron chi connectivity index (χ2n) is 2.74. The molecule has 14 heavy (non-hydrogen) atoms. The van der Waals surface area contributed by atoms with Gasteiger partial charge in [0.2, 0.25) is 0 Å². The number of hydrogen-bond acceptors (Lipinski definition) is 5. The van der Waals surface area contributed by atoms with Crippen LogP contribution in [0.1, 0.15) is 29.1 Å². The Hall–Kier alpha value is -1.46. The summed E-state index contributed by atoms with van der Waals surface area (Å²) in [6.45, 7) is 1.76. The molecule has 0 spiro atoms. The van der Waals surface area contributed by atoms with E-state index in [4.69, 9.17) is 5.90 Å². The summed E-state index contributed by atoms with van der Waals surface area (Å²) in [5.41, 5.74) is 1.07. The molecule has 0 radical (unpaired) electrons.